The van der Waals surface area contributed by atoms with E-state index < -0.39 is 10.0 Å². The van der Waals surface area contributed by atoms with Crippen molar-refractivity contribution in [1.82, 2.24) is 10.0 Å². The molecule has 2 N–H and O–H groups in total. The van der Waals surface area contributed by atoms with Crippen LogP contribution in [0.25, 0.3) is 0 Å². The average Bonchev–Trinajstić information content (AvgIpc) is 2.66. The van der Waals surface area contributed by atoms with Crippen molar-refractivity contribution in [1.29, 1.82) is 0 Å². The fourth-order valence-corrected chi connectivity index (χ4v) is 3.60. The first-order chi connectivity index (χ1) is 12.9. The molecule has 6 nitrogen and oxygen atoms in total. The number of rotatable bonds is 10. The van der Waals surface area contributed by atoms with Crippen LogP contribution in [-0.4, -0.2) is 41.0 Å². The van der Waals surface area contributed by atoms with Crippen molar-refractivity contribution in [2.24, 2.45) is 0 Å². The second kappa shape index (κ2) is 10.3. The molecule has 0 saturated carbocycles. The van der Waals surface area contributed by atoms with Gasteiger partial charge in [0.05, 0.1) is 4.90 Å². The fourth-order valence-electron chi connectivity index (χ4n) is 2.44. The van der Waals surface area contributed by atoms with E-state index >= 15 is 0 Å². The molecule has 2 aromatic carbocycles. The third-order valence-corrected chi connectivity index (χ3v) is 5.69. The minimum absolute atomic E-state index is 0.0424. The number of para-hydroxylation sites is 1. The zero-order valence-electron chi connectivity index (χ0n) is 15.2. The van der Waals surface area contributed by atoms with E-state index in [9.17, 15) is 13.2 Å². The summed E-state index contributed by atoms with van der Waals surface area (Å²) in [5, 5.41) is 3.27. The molecular weight excluding hydrogens is 386 g/mol. The number of sulfonamides is 1. The molecule has 0 bridgehead atoms. The smallest absolute Gasteiger partial charge is 0.240 e. The Morgan fingerprint density at radius 3 is 2.37 bits per heavy atom. The molecule has 27 heavy (non-hydrogen) atoms. The Morgan fingerprint density at radius 1 is 1.04 bits per heavy atom. The largest absolute Gasteiger partial charge is 0.375 e. The average molecular weight is 410 g/mol. The molecule has 0 aliphatic rings. The highest BCUT2D eigenvalue weighted by Crippen LogP contribution is 2.13. The third kappa shape index (κ3) is 7.21. The van der Waals surface area contributed by atoms with Gasteiger partial charge in [-0.1, -0.05) is 29.8 Å². The third-order valence-electron chi connectivity index (χ3n) is 3.96. The van der Waals surface area contributed by atoms with Gasteiger partial charge in [0, 0.05) is 43.8 Å². The molecule has 0 saturated heterocycles. The van der Waals surface area contributed by atoms with Gasteiger partial charge in [-0.15, -0.1) is 0 Å². The highest BCUT2D eigenvalue weighted by molar-refractivity contribution is 7.89. The molecule has 0 fully saturated rings. The van der Waals surface area contributed by atoms with E-state index in [-0.39, 0.29) is 23.8 Å². The topological polar surface area (TPSA) is 78.5 Å². The number of hydrogen-bond donors (Lipinski definition) is 2. The summed E-state index contributed by atoms with van der Waals surface area (Å²) in [7, 11) is -1.63. The Bertz CT molecular complexity index is 827. The Morgan fingerprint density at radius 2 is 1.70 bits per heavy atom. The van der Waals surface area contributed by atoms with E-state index in [1.54, 1.807) is 0 Å². The van der Waals surface area contributed by atoms with Crippen molar-refractivity contribution in [3.63, 3.8) is 0 Å². The van der Waals surface area contributed by atoms with Gasteiger partial charge in [-0.25, -0.2) is 13.1 Å². The second-order valence-corrected chi connectivity index (χ2v) is 8.27. The summed E-state index contributed by atoms with van der Waals surface area (Å²) >= 11 is 5.75. The van der Waals surface area contributed by atoms with Gasteiger partial charge < -0.3 is 10.2 Å². The van der Waals surface area contributed by atoms with Crippen LogP contribution in [0.2, 0.25) is 5.02 Å². The van der Waals surface area contributed by atoms with Gasteiger partial charge in [-0.2, -0.15) is 0 Å². The summed E-state index contributed by atoms with van der Waals surface area (Å²) in [5.41, 5.74) is 1.13. The van der Waals surface area contributed by atoms with Gasteiger partial charge in [0.25, 0.3) is 0 Å². The van der Waals surface area contributed by atoms with Gasteiger partial charge in [0.15, 0.2) is 0 Å². The van der Waals surface area contributed by atoms with E-state index in [4.69, 9.17) is 11.6 Å². The van der Waals surface area contributed by atoms with Crippen LogP contribution in [0.4, 0.5) is 5.69 Å². The summed E-state index contributed by atoms with van der Waals surface area (Å²) in [6, 6.07) is 15.9. The summed E-state index contributed by atoms with van der Waals surface area (Å²) in [6.45, 7) is 1.40. The molecule has 2 rings (SSSR count). The van der Waals surface area contributed by atoms with Crippen LogP contribution in [0, 0.1) is 0 Å². The van der Waals surface area contributed by atoms with Crippen molar-refractivity contribution < 1.29 is 13.2 Å². The Kier molecular flexibility index (Phi) is 8.09. The summed E-state index contributed by atoms with van der Waals surface area (Å²) in [6.07, 6.45) is 0.884. The molecule has 146 valence electrons. The Hall–Kier alpha value is -2.09. The minimum Gasteiger partial charge on any atom is -0.375 e. The Balaban J connectivity index is 1.64. The van der Waals surface area contributed by atoms with E-state index in [2.05, 4.69) is 14.9 Å². The first-order valence-corrected chi connectivity index (χ1v) is 10.5. The standard InChI is InChI=1S/C19H24ClN3O3S/c1-23(17-6-3-2-4-7-17)15-5-13-21-19(24)12-14-22-27(25,26)18-10-8-16(20)9-11-18/h2-4,6-11,22H,5,12-15H2,1H3,(H,21,24). The normalized spacial score (nSPS) is 11.2. The van der Waals surface area contributed by atoms with Crippen molar-refractivity contribution in [3.8, 4) is 0 Å². The predicted molar refractivity (Wildman–Crippen MR) is 109 cm³/mol. The molecule has 0 unspecified atom stereocenters. The number of carbonyl (C=O) groups excluding carboxylic acids is 1. The molecule has 0 atom stereocenters. The molecule has 8 heteroatoms. The molecule has 0 radical (unpaired) electrons. The molecular formula is C19H24ClN3O3S. The zero-order chi connectivity index (χ0) is 19.7. The highest BCUT2D eigenvalue weighted by atomic mass is 35.5. The van der Waals surface area contributed by atoms with Crippen LogP contribution in [0.5, 0.6) is 0 Å². The molecule has 0 aromatic heterocycles. The van der Waals surface area contributed by atoms with E-state index in [1.165, 1.54) is 24.3 Å². The second-order valence-electron chi connectivity index (χ2n) is 6.06. The lowest BCUT2D eigenvalue weighted by Gasteiger charge is -2.19. The first kappa shape index (κ1) is 21.2. The number of halogens is 1. The van der Waals surface area contributed by atoms with Gasteiger partial charge in [-0.3, -0.25) is 4.79 Å². The monoisotopic (exact) mass is 409 g/mol. The maximum Gasteiger partial charge on any atom is 0.240 e. The van der Waals surface area contributed by atoms with Gasteiger partial charge in [0.1, 0.15) is 0 Å². The summed E-state index contributed by atoms with van der Waals surface area (Å²) in [5.74, 6) is -0.184. The summed E-state index contributed by atoms with van der Waals surface area (Å²) in [4.78, 5) is 14.1. The van der Waals surface area contributed by atoms with Crippen LogP contribution in [0.3, 0.4) is 0 Å². The van der Waals surface area contributed by atoms with Crippen LogP contribution in [-0.2, 0) is 14.8 Å². The van der Waals surface area contributed by atoms with E-state index in [0.29, 0.717) is 11.6 Å². The fraction of sp³-hybridized carbons (Fsp3) is 0.316. The van der Waals surface area contributed by atoms with Crippen LogP contribution in [0.15, 0.2) is 59.5 Å². The predicted octanol–water partition coefficient (Wildman–Crippen LogP) is 2.65. The van der Waals surface area contributed by atoms with Crippen molar-refractivity contribution in [2.75, 3.05) is 31.6 Å². The van der Waals surface area contributed by atoms with Gasteiger partial charge in [0.2, 0.25) is 15.9 Å². The molecule has 0 heterocycles. The number of nitrogens with zero attached hydrogens (tertiary/aromatic N) is 1. The van der Waals surface area contributed by atoms with Crippen LogP contribution in [0.1, 0.15) is 12.8 Å². The minimum atomic E-state index is -3.64. The zero-order valence-corrected chi connectivity index (χ0v) is 16.8. The van der Waals surface area contributed by atoms with Gasteiger partial charge in [-0.05, 0) is 42.8 Å². The highest BCUT2D eigenvalue weighted by Gasteiger charge is 2.13. The molecule has 0 aliphatic heterocycles. The number of carbonyl (C=O) groups is 1. The molecule has 2 aromatic rings. The van der Waals surface area contributed by atoms with Crippen LogP contribution < -0.4 is 14.9 Å². The number of amides is 1. The number of anilines is 1. The SMILES string of the molecule is CN(CCCNC(=O)CCNS(=O)(=O)c1ccc(Cl)cc1)c1ccccc1. The number of nitrogens with one attached hydrogen (secondary N) is 2. The summed E-state index contributed by atoms with van der Waals surface area (Å²) < 4.78 is 26.6. The quantitative estimate of drug-likeness (QED) is 0.591. The van der Waals surface area contributed by atoms with E-state index in [0.717, 1.165) is 18.7 Å². The van der Waals surface area contributed by atoms with Crippen LogP contribution >= 0.6 is 11.6 Å². The first-order valence-electron chi connectivity index (χ1n) is 8.66. The lowest BCUT2D eigenvalue weighted by molar-refractivity contribution is -0.120. The molecule has 1 amide bonds. The van der Waals surface area contributed by atoms with Crippen molar-refractivity contribution >= 4 is 33.2 Å². The van der Waals surface area contributed by atoms with Crippen molar-refractivity contribution in [2.45, 2.75) is 17.7 Å². The molecule has 0 aliphatic carbocycles. The van der Waals surface area contributed by atoms with Crippen molar-refractivity contribution in [3.05, 3.63) is 59.6 Å². The maximum atomic E-state index is 12.1. The number of hydrogen-bond acceptors (Lipinski definition) is 4. The van der Waals surface area contributed by atoms with Gasteiger partial charge >= 0.3 is 0 Å². The maximum absolute atomic E-state index is 12.1. The van der Waals surface area contributed by atoms with E-state index in [1.807, 2.05) is 37.4 Å². The Labute approximate surface area is 165 Å². The lowest BCUT2D eigenvalue weighted by Crippen LogP contribution is -2.32. The lowest BCUT2D eigenvalue weighted by atomic mass is 10.3. The number of benzene rings is 2. The molecule has 0 spiro atoms.